The van der Waals surface area contributed by atoms with Crippen LogP contribution < -0.4 is 5.32 Å². The van der Waals surface area contributed by atoms with Gasteiger partial charge in [-0.2, -0.15) is 0 Å². The minimum absolute atomic E-state index is 0.137. The van der Waals surface area contributed by atoms with Crippen LogP contribution in [0.2, 0.25) is 0 Å². The van der Waals surface area contributed by atoms with Gasteiger partial charge in [0, 0.05) is 30.3 Å². The molecule has 0 aliphatic carbocycles. The first-order valence-electron chi connectivity index (χ1n) is 8.81. The number of thiophene rings is 1. The molecule has 0 aromatic carbocycles. The van der Waals surface area contributed by atoms with E-state index in [4.69, 9.17) is 4.74 Å². The average Bonchev–Trinajstić information content (AvgIpc) is 3.22. The highest BCUT2D eigenvalue weighted by Crippen LogP contribution is 2.36. The minimum atomic E-state index is -0.216. The van der Waals surface area contributed by atoms with Gasteiger partial charge in [0.2, 0.25) is 0 Å². The number of amides is 1. The van der Waals surface area contributed by atoms with E-state index in [-0.39, 0.29) is 11.5 Å². The first kappa shape index (κ1) is 16.5. The van der Waals surface area contributed by atoms with E-state index in [2.05, 4.69) is 10.3 Å². The van der Waals surface area contributed by atoms with E-state index >= 15 is 0 Å². The number of pyridine rings is 1. The number of hydrogen-bond donors (Lipinski definition) is 1. The number of aryl methyl sites for hydroxylation is 1. The maximum atomic E-state index is 12.7. The van der Waals surface area contributed by atoms with Gasteiger partial charge in [-0.25, -0.2) is 4.98 Å². The molecule has 2 aromatic heterocycles. The molecule has 2 atom stereocenters. The molecular weight excluding hydrogens is 334 g/mol. The summed E-state index contributed by atoms with van der Waals surface area (Å²) in [5, 5.41) is 3.52. The number of likely N-dealkylation sites (tertiary alicyclic amines) is 1. The van der Waals surface area contributed by atoms with Crippen molar-refractivity contribution >= 4 is 23.1 Å². The molecule has 1 amide bonds. The summed E-state index contributed by atoms with van der Waals surface area (Å²) in [5.41, 5.74) is -0.216. The highest BCUT2D eigenvalue weighted by atomic mass is 32.1. The fraction of sp³-hybridized carbons (Fsp3) is 0.474. The molecule has 4 rings (SSSR count). The second kappa shape index (κ2) is 6.77. The number of aromatic nitrogens is 1. The van der Waals surface area contributed by atoms with E-state index in [0.29, 0.717) is 12.6 Å². The van der Waals surface area contributed by atoms with Crippen LogP contribution in [-0.2, 0) is 4.74 Å². The Kier molecular flexibility index (Phi) is 4.48. The molecule has 2 saturated heterocycles. The highest BCUT2D eigenvalue weighted by molar-refractivity contribution is 7.13. The lowest BCUT2D eigenvalue weighted by Crippen LogP contribution is -2.47. The minimum Gasteiger partial charge on any atom is -0.373 e. The summed E-state index contributed by atoms with van der Waals surface area (Å²) in [6.45, 7) is 4.21. The van der Waals surface area contributed by atoms with E-state index in [1.54, 1.807) is 17.5 Å². The molecule has 4 heterocycles. The van der Waals surface area contributed by atoms with Crippen molar-refractivity contribution in [2.75, 3.05) is 25.0 Å². The molecule has 5 nitrogen and oxygen atoms in total. The summed E-state index contributed by atoms with van der Waals surface area (Å²) in [7, 11) is 0. The van der Waals surface area contributed by atoms with E-state index < -0.39 is 0 Å². The number of nitrogens with zero attached hydrogens (tertiary/aromatic N) is 2. The monoisotopic (exact) mass is 357 g/mol. The van der Waals surface area contributed by atoms with Crippen molar-refractivity contribution in [1.82, 2.24) is 9.88 Å². The highest BCUT2D eigenvalue weighted by Gasteiger charge is 2.45. The van der Waals surface area contributed by atoms with Gasteiger partial charge >= 0.3 is 0 Å². The third-order valence-electron chi connectivity index (χ3n) is 5.06. The maximum Gasteiger partial charge on any atom is 0.264 e. The molecule has 6 heteroatoms. The Balaban J connectivity index is 1.41. The van der Waals surface area contributed by atoms with Crippen molar-refractivity contribution in [2.45, 2.75) is 37.8 Å². The second-order valence-corrected chi connectivity index (χ2v) is 8.26. The fourth-order valence-corrected chi connectivity index (χ4v) is 4.65. The first-order chi connectivity index (χ1) is 12.1. The summed E-state index contributed by atoms with van der Waals surface area (Å²) < 4.78 is 6.16. The van der Waals surface area contributed by atoms with Gasteiger partial charge < -0.3 is 15.0 Å². The predicted octanol–water partition coefficient (Wildman–Crippen LogP) is 3.33. The molecule has 0 radical (unpaired) electrons. The van der Waals surface area contributed by atoms with Crippen LogP contribution in [0, 0.1) is 6.92 Å². The van der Waals surface area contributed by atoms with Gasteiger partial charge in [-0.15, -0.1) is 11.3 Å². The van der Waals surface area contributed by atoms with Crippen LogP contribution in [0.1, 0.15) is 33.8 Å². The summed E-state index contributed by atoms with van der Waals surface area (Å²) in [6, 6.07) is 10.2. The van der Waals surface area contributed by atoms with Crippen LogP contribution in [0.15, 0.2) is 36.5 Å². The first-order valence-corrected chi connectivity index (χ1v) is 9.62. The second-order valence-electron chi connectivity index (χ2n) is 6.97. The fourth-order valence-electron chi connectivity index (χ4n) is 3.82. The van der Waals surface area contributed by atoms with Gasteiger partial charge in [0.05, 0.1) is 17.0 Å². The normalized spacial score (nSPS) is 26.1. The standard InChI is InChI=1S/C19H23N3O2S/c1-14-5-6-16(25-14)18(23)22-10-8-19(13-22)12-15(7-11-24-19)21-17-4-2-3-9-20-17/h2-6,9,15H,7-8,10-13H2,1H3,(H,20,21)/t15-,19-/m0/s1. The van der Waals surface area contributed by atoms with Gasteiger partial charge in [-0.1, -0.05) is 6.07 Å². The van der Waals surface area contributed by atoms with E-state index in [9.17, 15) is 4.79 Å². The SMILES string of the molecule is Cc1ccc(C(=O)N2CC[C@]3(C[C@@H](Nc4ccccn4)CCO3)C2)s1. The van der Waals surface area contributed by atoms with Crippen LogP contribution in [0.3, 0.4) is 0 Å². The molecule has 0 saturated carbocycles. The Labute approximate surface area is 152 Å². The summed E-state index contributed by atoms with van der Waals surface area (Å²) in [5.74, 6) is 1.04. The Bertz CT molecular complexity index is 748. The summed E-state index contributed by atoms with van der Waals surface area (Å²) in [6.07, 6.45) is 4.59. The quantitative estimate of drug-likeness (QED) is 0.915. The van der Waals surface area contributed by atoms with Crippen molar-refractivity contribution in [3.63, 3.8) is 0 Å². The Morgan fingerprint density at radius 2 is 2.32 bits per heavy atom. The van der Waals surface area contributed by atoms with Crippen molar-refractivity contribution in [3.05, 3.63) is 46.3 Å². The van der Waals surface area contributed by atoms with Crippen LogP contribution in [0.4, 0.5) is 5.82 Å². The maximum absolute atomic E-state index is 12.7. The lowest BCUT2D eigenvalue weighted by atomic mass is 9.89. The molecule has 2 aliphatic heterocycles. The Morgan fingerprint density at radius 1 is 1.40 bits per heavy atom. The Hall–Kier alpha value is -1.92. The zero-order chi connectivity index (χ0) is 17.3. The van der Waals surface area contributed by atoms with Crippen LogP contribution in [-0.4, -0.2) is 47.1 Å². The number of ether oxygens (including phenoxy) is 1. The summed E-state index contributed by atoms with van der Waals surface area (Å²) in [4.78, 5) is 21.0. The molecule has 0 bridgehead atoms. The van der Waals surface area contributed by atoms with Crippen LogP contribution in [0.25, 0.3) is 0 Å². The molecule has 1 N–H and O–H groups in total. The van der Waals surface area contributed by atoms with Gasteiger partial charge in [-0.05, 0) is 50.5 Å². The zero-order valence-electron chi connectivity index (χ0n) is 14.4. The van der Waals surface area contributed by atoms with Crippen molar-refractivity contribution in [1.29, 1.82) is 0 Å². The van der Waals surface area contributed by atoms with Crippen molar-refractivity contribution < 1.29 is 9.53 Å². The van der Waals surface area contributed by atoms with Crippen molar-refractivity contribution in [2.24, 2.45) is 0 Å². The largest absolute Gasteiger partial charge is 0.373 e. The lowest BCUT2D eigenvalue weighted by Gasteiger charge is -2.38. The molecule has 2 aliphatic rings. The predicted molar refractivity (Wildman–Crippen MR) is 99.1 cm³/mol. The molecule has 2 fully saturated rings. The lowest BCUT2D eigenvalue weighted by molar-refractivity contribution is -0.0720. The topological polar surface area (TPSA) is 54.5 Å². The van der Waals surface area contributed by atoms with Crippen molar-refractivity contribution in [3.8, 4) is 0 Å². The van der Waals surface area contributed by atoms with Gasteiger partial charge in [0.15, 0.2) is 0 Å². The number of carbonyl (C=O) groups is 1. The number of hydrogen-bond acceptors (Lipinski definition) is 5. The average molecular weight is 357 g/mol. The Morgan fingerprint density at radius 3 is 3.08 bits per heavy atom. The van der Waals surface area contributed by atoms with E-state index in [1.165, 1.54) is 4.88 Å². The van der Waals surface area contributed by atoms with Gasteiger partial charge in [0.25, 0.3) is 5.91 Å². The molecule has 0 unspecified atom stereocenters. The molecular formula is C19H23N3O2S. The number of anilines is 1. The number of carbonyl (C=O) groups excluding carboxylic acids is 1. The molecule has 132 valence electrons. The van der Waals surface area contributed by atoms with Gasteiger partial charge in [0.1, 0.15) is 5.82 Å². The number of nitrogens with one attached hydrogen (secondary N) is 1. The third kappa shape index (κ3) is 3.55. The van der Waals surface area contributed by atoms with Crippen LogP contribution in [0.5, 0.6) is 0 Å². The van der Waals surface area contributed by atoms with E-state index in [0.717, 1.165) is 43.1 Å². The van der Waals surface area contributed by atoms with Gasteiger partial charge in [-0.3, -0.25) is 4.79 Å². The van der Waals surface area contributed by atoms with Crippen LogP contribution >= 0.6 is 11.3 Å². The van der Waals surface area contributed by atoms with E-state index in [1.807, 2.05) is 42.2 Å². The summed E-state index contributed by atoms with van der Waals surface area (Å²) >= 11 is 1.57. The smallest absolute Gasteiger partial charge is 0.264 e. The molecule has 25 heavy (non-hydrogen) atoms. The molecule has 1 spiro atoms. The number of rotatable bonds is 3. The molecule has 2 aromatic rings. The third-order valence-corrected chi connectivity index (χ3v) is 6.05. The zero-order valence-corrected chi connectivity index (χ0v) is 15.2.